The number of hydrogen-bond acceptors (Lipinski definition) is 4. The van der Waals surface area contributed by atoms with Crippen LogP contribution in [-0.4, -0.2) is 30.3 Å². The number of ether oxygens (including phenoxy) is 2. The van der Waals surface area contributed by atoms with Crippen LogP contribution >= 0.6 is 0 Å². The van der Waals surface area contributed by atoms with Gasteiger partial charge < -0.3 is 14.8 Å². The normalized spacial score (nSPS) is 31.7. The Morgan fingerprint density at radius 3 is 2.69 bits per heavy atom. The number of carbonyl (C=O) groups excluding carboxylic acids is 2. The summed E-state index contributed by atoms with van der Waals surface area (Å²) in [6.45, 7) is 5.76. The number of hydrogen-bond donors (Lipinski definition) is 1. The molecule has 2 rings (SSSR count). The molecule has 1 N–H and O–H groups in total. The molecule has 0 aromatic carbocycles. The van der Waals surface area contributed by atoms with Crippen molar-refractivity contribution in [3.63, 3.8) is 0 Å². The zero-order valence-corrected chi connectivity index (χ0v) is 9.78. The maximum atomic E-state index is 11.3. The average molecular weight is 227 g/mol. The third kappa shape index (κ3) is 2.46. The maximum absolute atomic E-state index is 11.3. The molecule has 1 heterocycles. The summed E-state index contributed by atoms with van der Waals surface area (Å²) < 4.78 is 10.2. The van der Waals surface area contributed by atoms with E-state index in [-0.39, 0.29) is 18.0 Å². The molecule has 1 saturated carbocycles. The summed E-state index contributed by atoms with van der Waals surface area (Å²) in [4.78, 5) is 22.5. The molecule has 1 aliphatic carbocycles. The van der Waals surface area contributed by atoms with Crippen LogP contribution in [0.1, 0.15) is 27.2 Å². The summed E-state index contributed by atoms with van der Waals surface area (Å²) in [5.41, 5.74) is -0.501. The van der Waals surface area contributed by atoms with Crippen LogP contribution in [0.15, 0.2) is 0 Å². The van der Waals surface area contributed by atoms with E-state index in [0.29, 0.717) is 12.5 Å². The fourth-order valence-corrected chi connectivity index (χ4v) is 1.91. The Morgan fingerprint density at radius 1 is 1.56 bits per heavy atom. The van der Waals surface area contributed by atoms with Crippen LogP contribution in [0.5, 0.6) is 0 Å². The highest BCUT2D eigenvalue weighted by atomic mass is 16.6. The minimum atomic E-state index is -0.501. The largest absolute Gasteiger partial charge is 0.460 e. The zero-order chi connectivity index (χ0) is 11.9. The van der Waals surface area contributed by atoms with E-state index in [1.807, 2.05) is 0 Å². The number of nitrogens with one attached hydrogen (secondary N) is 1. The second-order valence-electron chi connectivity index (χ2n) is 5.36. The average Bonchev–Trinajstić information content (AvgIpc) is 2.83. The first-order valence-corrected chi connectivity index (χ1v) is 5.54. The van der Waals surface area contributed by atoms with Crippen LogP contribution in [0, 0.1) is 11.8 Å². The lowest BCUT2D eigenvalue weighted by Gasteiger charge is -2.20. The van der Waals surface area contributed by atoms with Crippen LogP contribution in [-0.2, 0) is 14.3 Å². The molecule has 1 amide bonds. The van der Waals surface area contributed by atoms with Gasteiger partial charge in [0.1, 0.15) is 11.7 Å². The lowest BCUT2D eigenvalue weighted by atomic mass is 10.2. The number of alkyl carbamates (subject to hydrolysis) is 1. The summed E-state index contributed by atoms with van der Waals surface area (Å²) in [7, 11) is 0. The summed E-state index contributed by atoms with van der Waals surface area (Å²) in [6, 6.07) is 0. The van der Waals surface area contributed by atoms with Gasteiger partial charge in [-0.15, -0.1) is 0 Å². The minimum absolute atomic E-state index is 0.0884. The van der Waals surface area contributed by atoms with Gasteiger partial charge in [-0.25, -0.2) is 4.79 Å². The van der Waals surface area contributed by atoms with Crippen LogP contribution in [0.4, 0.5) is 4.79 Å². The Bertz CT molecular complexity index is 320. The van der Waals surface area contributed by atoms with Crippen molar-refractivity contribution in [1.82, 2.24) is 5.32 Å². The van der Waals surface area contributed by atoms with E-state index in [9.17, 15) is 9.59 Å². The fraction of sp³-hybridized carbons (Fsp3) is 0.818. The molecule has 0 radical (unpaired) electrons. The zero-order valence-electron chi connectivity index (χ0n) is 9.78. The Labute approximate surface area is 94.5 Å². The highest BCUT2D eigenvalue weighted by Crippen LogP contribution is 2.48. The summed E-state index contributed by atoms with van der Waals surface area (Å²) in [5, 5.41) is 2.62. The number of esters is 1. The lowest BCUT2D eigenvalue weighted by molar-refractivity contribution is -0.144. The molecule has 5 heteroatoms. The number of rotatable bonds is 2. The van der Waals surface area contributed by atoms with Gasteiger partial charge in [-0.2, -0.15) is 0 Å². The Balaban J connectivity index is 1.72. The van der Waals surface area contributed by atoms with E-state index in [0.717, 1.165) is 6.42 Å². The number of cyclic esters (lactones) is 1. The molecule has 0 spiro atoms. The van der Waals surface area contributed by atoms with Crippen molar-refractivity contribution in [2.24, 2.45) is 11.8 Å². The topological polar surface area (TPSA) is 64.6 Å². The monoisotopic (exact) mass is 227 g/mol. The fourth-order valence-electron chi connectivity index (χ4n) is 1.91. The number of fused-ring (bicyclic) bond motifs is 1. The molecular formula is C11H17NO4. The Hall–Kier alpha value is -1.26. The summed E-state index contributed by atoms with van der Waals surface area (Å²) in [6.07, 6.45) is 0.275. The van der Waals surface area contributed by atoms with Crippen molar-refractivity contribution >= 4 is 12.1 Å². The standard InChI is InChI=1S/C11H17NO4/c1-11(2,3)16-10(14)12-5-8-6-4-7(6)9(13)15-8/h6-8H,4-5H2,1-3H3,(H,12,14). The molecule has 0 bridgehead atoms. The van der Waals surface area contributed by atoms with Gasteiger partial charge in [0, 0.05) is 5.92 Å². The molecule has 0 aromatic rings. The van der Waals surface area contributed by atoms with Crippen molar-refractivity contribution in [1.29, 1.82) is 0 Å². The van der Waals surface area contributed by atoms with E-state index in [1.54, 1.807) is 20.8 Å². The quantitative estimate of drug-likeness (QED) is 0.717. The van der Waals surface area contributed by atoms with Crippen molar-refractivity contribution in [2.45, 2.75) is 38.9 Å². The molecule has 90 valence electrons. The number of carbonyl (C=O) groups is 2. The van der Waals surface area contributed by atoms with Crippen molar-refractivity contribution < 1.29 is 19.1 Å². The smallest absolute Gasteiger partial charge is 0.407 e. The first-order chi connectivity index (χ1) is 7.37. The first kappa shape index (κ1) is 11.2. The first-order valence-electron chi connectivity index (χ1n) is 5.54. The maximum Gasteiger partial charge on any atom is 0.407 e. The SMILES string of the molecule is CC(C)(C)OC(=O)NCC1OC(=O)C2CC12. The second kappa shape index (κ2) is 3.64. The highest BCUT2D eigenvalue weighted by molar-refractivity contribution is 5.79. The molecule has 3 atom stereocenters. The van der Waals surface area contributed by atoms with Crippen LogP contribution < -0.4 is 5.32 Å². The molecule has 16 heavy (non-hydrogen) atoms. The van der Waals surface area contributed by atoms with Gasteiger partial charge >= 0.3 is 12.1 Å². The summed E-state index contributed by atoms with van der Waals surface area (Å²) >= 11 is 0. The molecule has 2 aliphatic rings. The van der Waals surface area contributed by atoms with Crippen LogP contribution in [0.25, 0.3) is 0 Å². The minimum Gasteiger partial charge on any atom is -0.460 e. The van der Waals surface area contributed by atoms with Crippen molar-refractivity contribution in [3.05, 3.63) is 0 Å². The predicted octanol–water partition coefficient (Wildman–Crippen LogP) is 1.07. The second-order valence-corrected chi connectivity index (χ2v) is 5.36. The van der Waals surface area contributed by atoms with Crippen LogP contribution in [0.2, 0.25) is 0 Å². The summed E-state index contributed by atoms with van der Waals surface area (Å²) in [5.74, 6) is 0.272. The van der Waals surface area contributed by atoms with Gasteiger partial charge in [-0.05, 0) is 27.2 Å². The molecule has 5 nitrogen and oxygen atoms in total. The van der Waals surface area contributed by atoms with Crippen molar-refractivity contribution in [2.75, 3.05) is 6.54 Å². The highest BCUT2D eigenvalue weighted by Gasteiger charge is 2.56. The van der Waals surface area contributed by atoms with E-state index in [4.69, 9.17) is 9.47 Å². The van der Waals surface area contributed by atoms with E-state index >= 15 is 0 Å². The van der Waals surface area contributed by atoms with Crippen molar-refractivity contribution in [3.8, 4) is 0 Å². The van der Waals surface area contributed by atoms with Crippen LogP contribution in [0.3, 0.4) is 0 Å². The van der Waals surface area contributed by atoms with E-state index < -0.39 is 11.7 Å². The Morgan fingerprint density at radius 2 is 2.25 bits per heavy atom. The molecule has 1 aliphatic heterocycles. The molecule has 3 unspecified atom stereocenters. The van der Waals surface area contributed by atoms with Gasteiger partial charge in [0.2, 0.25) is 0 Å². The molecule has 2 fully saturated rings. The Kier molecular flexibility index (Phi) is 2.56. The molecule has 1 saturated heterocycles. The lowest BCUT2D eigenvalue weighted by Crippen LogP contribution is -2.37. The van der Waals surface area contributed by atoms with Gasteiger partial charge in [0.15, 0.2) is 0 Å². The van der Waals surface area contributed by atoms with Gasteiger partial charge in [0.25, 0.3) is 0 Å². The van der Waals surface area contributed by atoms with E-state index in [2.05, 4.69) is 5.32 Å². The predicted molar refractivity (Wildman–Crippen MR) is 55.7 cm³/mol. The van der Waals surface area contributed by atoms with Gasteiger partial charge in [-0.1, -0.05) is 0 Å². The third-order valence-corrected chi connectivity index (χ3v) is 2.73. The molecular weight excluding hydrogens is 210 g/mol. The third-order valence-electron chi connectivity index (χ3n) is 2.73. The van der Waals surface area contributed by atoms with E-state index in [1.165, 1.54) is 0 Å². The van der Waals surface area contributed by atoms with Gasteiger partial charge in [0.05, 0.1) is 12.5 Å². The number of amides is 1. The molecule has 0 aromatic heterocycles. The van der Waals surface area contributed by atoms with Gasteiger partial charge in [-0.3, -0.25) is 4.79 Å².